The van der Waals surface area contributed by atoms with Gasteiger partial charge in [0.1, 0.15) is 0 Å². The Morgan fingerprint density at radius 2 is 2.18 bits per heavy atom. The lowest BCUT2D eigenvalue weighted by molar-refractivity contribution is 0.112. The minimum Gasteiger partial charge on any atom is -0.353 e. The Kier molecular flexibility index (Phi) is 2.34. The van der Waals surface area contributed by atoms with Crippen molar-refractivity contribution >= 4 is 28.5 Å². The highest BCUT2D eigenvalue weighted by molar-refractivity contribution is 7.13. The summed E-state index contributed by atoms with van der Waals surface area (Å²) in [5, 5.41) is 3.02. The van der Waals surface area contributed by atoms with Crippen molar-refractivity contribution in [3.8, 4) is 10.6 Å². The van der Waals surface area contributed by atoms with Gasteiger partial charge in [0.15, 0.2) is 6.29 Å². The summed E-state index contributed by atoms with van der Waals surface area (Å²) < 4.78 is 0. The second kappa shape index (κ2) is 3.86. The average Bonchev–Trinajstić information content (AvgIpc) is 2.94. The van der Waals surface area contributed by atoms with Gasteiger partial charge in [0.25, 0.3) is 0 Å². The van der Waals surface area contributed by atoms with Crippen LogP contribution in [-0.2, 0) is 0 Å². The molecular weight excluding hydrogens is 230 g/mol. The third-order valence-electron chi connectivity index (χ3n) is 2.88. The Morgan fingerprint density at radius 3 is 2.88 bits per heavy atom. The number of benzene rings is 1. The molecule has 2 nitrogen and oxygen atoms in total. The number of aromatic nitrogens is 1. The highest BCUT2D eigenvalue weighted by Crippen LogP contribution is 2.32. The van der Waals surface area contributed by atoms with E-state index in [1.165, 1.54) is 0 Å². The van der Waals surface area contributed by atoms with E-state index < -0.39 is 0 Å². The number of aromatic amines is 1. The van der Waals surface area contributed by atoms with Crippen molar-refractivity contribution < 1.29 is 4.79 Å². The molecule has 0 aliphatic heterocycles. The fraction of sp³-hybridized carbons (Fsp3) is 0.0714. The summed E-state index contributed by atoms with van der Waals surface area (Å²) in [5.74, 6) is 0. The third kappa shape index (κ3) is 1.59. The zero-order valence-corrected chi connectivity index (χ0v) is 10.2. The fourth-order valence-electron chi connectivity index (χ4n) is 2.06. The first-order chi connectivity index (χ1) is 8.29. The van der Waals surface area contributed by atoms with Crippen molar-refractivity contribution in [2.24, 2.45) is 0 Å². The monoisotopic (exact) mass is 241 g/mol. The van der Waals surface area contributed by atoms with Crippen LogP contribution in [0.3, 0.4) is 0 Å². The second-order valence-electron chi connectivity index (χ2n) is 4.06. The van der Waals surface area contributed by atoms with E-state index in [9.17, 15) is 4.79 Å². The number of carbonyl (C=O) groups is 1. The number of aldehydes is 1. The van der Waals surface area contributed by atoms with Gasteiger partial charge in [-0.25, -0.2) is 0 Å². The maximum atomic E-state index is 11.3. The number of nitrogens with one attached hydrogen (secondary N) is 1. The van der Waals surface area contributed by atoms with Gasteiger partial charge < -0.3 is 4.98 Å². The molecule has 84 valence electrons. The number of aryl methyl sites for hydroxylation is 1. The summed E-state index contributed by atoms with van der Waals surface area (Å²) in [6, 6.07) is 10.1. The molecule has 0 amide bonds. The van der Waals surface area contributed by atoms with Crippen LogP contribution in [0.5, 0.6) is 0 Å². The normalized spacial score (nSPS) is 10.9. The number of thiophene rings is 1. The summed E-state index contributed by atoms with van der Waals surface area (Å²) >= 11 is 1.63. The average molecular weight is 241 g/mol. The van der Waals surface area contributed by atoms with Gasteiger partial charge in [-0.2, -0.15) is 0 Å². The molecule has 0 saturated carbocycles. The molecule has 0 unspecified atom stereocenters. The van der Waals surface area contributed by atoms with E-state index in [-0.39, 0.29) is 0 Å². The first-order valence-corrected chi connectivity index (χ1v) is 6.29. The minimum atomic E-state index is 0.756. The van der Waals surface area contributed by atoms with Crippen LogP contribution in [0.1, 0.15) is 15.9 Å². The quantitative estimate of drug-likeness (QED) is 0.675. The molecule has 3 heteroatoms. The van der Waals surface area contributed by atoms with Gasteiger partial charge in [0.2, 0.25) is 0 Å². The van der Waals surface area contributed by atoms with Crippen molar-refractivity contribution in [1.29, 1.82) is 0 Å². The molecule has 0 radical (unpaired) electrons. The summed E-state index contributed by atoms with van der Waals surface area (Å²) in [6.45, 7) is 2.03. The van der Waals surface area contributed by atoms with Gasteiger partial charge in [0, 0.05) is 16.5 Å². The number of fused-ring (bicyclic) bond motifs is 1. The third-order valence-corrected chi connectivity index (χ3v) is 3.77. The first-order valence-electron chi connectivity index (χ1n) is 5.41. The highest BCUT2D eigenvalue weighted by Gasteiger charge is 2.12. The van der Waals surface area contributed by atoms with Crippen LogP contribution < -0.4 is 0 Å². The molecule has 3 aromatic rings. The first kappa shape index (κ1) is 10.3. The Bertz CT molecular complexity index is 680. The zero-order chi connectivity index (χ0) is 11.8. The van der Waals surface area contributed by atoms with Crippen LogP contribution in [0.25, 0.3) is 21.5 Å². The lowest BCUT2D eigenvalue weighted by atomic mass is 10.1. The van der Waals surface area contributed by atoms with Gasteiger partial charge in [-0.1, -0.05) is 17.7 Å². The maximum absolute atomic E-state index is 11.3. The number of hydrogen-bond acceptors (Lipinski definition) is 2. The zero-order valence-electron chi connectivity index (χ0n) is 9.36. The molecule has 0 saturated heterocycles. The molecule has 0 fully saturated rings. The van der Waals surface area contributed by atoms with Gasteiger partial charge in [-0.15, -0.1) is 11.3 Å². The van der Waals surface area contributed by atoms with Crippen LogP contribution in [0.4, 0.5) is 0 Å². The van der Waals surface area contributed by atoms with Gasteiger partial charge in [-0.3, -0.25) is 4.79 Å². The molecule has 0 aliphatic rings. The highest BCUT2D eigenvalue weighted by atomic mass is 32.1. The summed E-state index contributed by atoms with van der Waals surface area (Å²) in [6.07, 6.45) is 0.938. The molecule has 0 aliphatic carbocycles. The number of hydrogen-bond donors (Lipinski definition) is 1. The molecule has 3 rings (SSSR count). The van der Waals surface area contributed by atoms with Crippen LogP contribution in [0.15, 0.2) is 35.7 Å². The molecule has 2 aromatic heterocycles. The number of carbonyl (C=O) groups excluding carboxylic acids is 1. The van der Waals surface area contributed by atoms with Gasteiger partial charge in [0.05, 0.1) is 10.6 Å². The SMILES string of the molecule is Cc1ccc2[nH]c(-c3cccs3)c(C=O)c2c1. The van der Waals surface area contributed by atoms with Crippen LogP contribution in [-0.4, -0.2) is 11.3 Å². The predicted octanol–water partition coefficient (Wildman–Crippen LogP) is 4.02. The molecular formula is C14H11NOS. The van der Waals surface area contributed by atoms with Crippen molar-refractivity contribution in [3.63, 3.8) is 0 Å². The molecule has 2 heterocycles. The fourth-order valence-corrected chi connectivity index (χ4v) is 2.80. The van der Waals surface area contributed by atoms with E-state index in [0.29, 0.717) is 0 Å². The number of H-pyrrole nitrogens is 1. The predicted molar refractivity (Wildman–Crippen MR) is 71.7 cm³/mol. The van der Waals surface area contributed by atoms with Crippen molar-refractivity contribution in [1.82, 2.24) is 4.98 Å². The largest absolute Gasteiger partial charge is 0.353 e. The van der Waals surface area contributed by atoms with E-state index in [1.807, 2.05) is 42.6 Å². The summed E-state index contributed by atoms with van der Waals surface area (Å²) in [7, 11) is 0. The van der Waals surface area contributed by atoms with Crippen molar-refractivity contribution in [2.45, 2.75) is 6.92 Å². The lowest BCUT2D eigenvalue weighted by Crippen LogP contribution is -1.81. The smallest absolute Gasteiger partial charge is 0.152 e. The van der Waals surface area contributed by atoms with Gasteiger partial charge in [-0.05, 0) is 30.5 Å². The standard InChI is InChI=1S/C14H11NOS/c1-9-4-5-12-10(7-9)11(8-16)14(15-12)13-3-2-6-17-13/h2-8,15H,1H3. The van der Waals surface area contributed by atoms with Crippen molar-refractivity contribution in [2.75, 3.05) is 0 Å². The van der Waals surface area contributed by atoms with Crippen LogP contribution >= 0.6 is 11.3 Å². The van der Waals surface area contributed by atoms with E-state index >= 15 is 0 Å². The van der Waals surface area contributed by atoms with E-state index in [2.05, 4.69) is 4.98 Å². The van der Waals surface area contributed by atoms with E-state index in [0.717, 1.165) is 38.9 Å². The van der Waals surface area contributed by atoms with E-state index in [1.54, 1.807) is 11.3 Å². The topological polar surface area (TPSA) is 32.9 Å². The Labute approximate surface area is 103 Å². The molecule has 0 bridgehead atoms. The Balaban J connectivity index is 2.36. The Hall–Kier alpha value is -1.87. The van der Waals surface area contributed by atoms with Crippen LogP contribution in [0.2, 0.25) is 0 Å². The summed E-state index contributed by atoms with van der Waals surface area (Å²) in [5.41, 5.74) is 3.86. The molecule has 17 heavy (non-hydrogen) atoms. The van der Waals surface area contributed by atoms with Gasteiger partial charge >= 0.3 is 0 Å². The molecule has 1 aromatic carbocycles. The van der Waals surface area contributed by atoms with Crippen LogP contribution in [0, 0.1) is 6.92 Å². The maximum Gasteiger partial charge on any atom is 0.152 e. The lowest BCUT2D eigenvalue weighted by Gasteiger charge is -1.94. The molecule has 0 atom stereocenters. The summed E-state index contributed by atoms with van der Waals surface area (Å²) in [4.78, 5) is 15.7. The van der Waals surface area contributed by atoms with E-state index in [4.69, 9.17) is 0 Å². The minimum absolute atomic E-state index is 0.756. The Morgan fingerprint density at radius 1 is 1.29 bits per heavy atom. The second-order valence-corrected chi connectivity index (χ2v) is 5.01. The molecule has 1 N–H and O–H groups in total. The number of rotatable bonds is 2. The molecule has 0 spiro atoms. The van der Waals surface area contributed by atoms with Crippen molar-refractivity contribution in [3.05, 3.63) is 46.8 Å².